The van der Waals surface area contributed by atoms with E-state index in [-0.39, 0.29) is 11.8 Å². The van der Waals surface area contributed by atoms with E-state index in [4.69, 9.17) is 4.74 Å². The van der Waals surface area contributed by atoms with Crippen LogP contribution in [0.15, 0.2) is 36.9 Å². The first-order valence-electron chi connectivity index (χ1n) is 7.93. The van der Waals surface area contributed by atoms with Gasteiger partial charge in [0.2, 0.25) is 0 Å². The van der Waals surface area contributed by atoms with E-state index in [1.165, 1.54) is 12.1 Å². The normalized spacial score (nSPS) is 15.3. The van der Waals surface area contributed by atoms with Crippen molar-refractivity contribution < 1.29 is 13.9 Å². The second kappa shape index (κ2) is 9.15. The molecular formula is C17H24FN3O2. The van der Waals surface area contributed by atoms with Crippen LogP contribution in [0.1, 0.15) is 6.42 Å². The van der Waals surface area contributed by atoms with Gasteiger partial charge in [-0.3, -0.25) is 4.90 Å². The van der Waals surface area contributed by atoms with Gasteiger partial charge >= 0.3 is 6.03 Å². The van der Waals surface area contributed by atoms with Crippen LogP contribution in [0.3, 0.4) is 0 Å². The molecule has 0 bridgehead atoms. The van der Waals surface area contributed by atoms with Gasteiger partial charge in [0, 0.05) is 39.3 Å². The van der Waals surface area contributed by atoms with Crippen LogP contribution in [0.4, 0.5) is 9.18 Å². The molecule has 23 heavy (non-hydrogen) atoms. The van der Waals surface area contributed by atoms with Crippen molar-refractivity contribution >= 4 is 6.03 Å². The molecule has 0 radical (unpaired) electrons. The van der Waals surface area contributed by atoms with E-state index >= 15 is 0 Å². The SMILES string of the molecule is C=CCNC(=O)N1CCN(CCCOc2ccc(F)cc2)CC1. The molecule has 1 aliphatic heterocycles. The molecule has 5 nitrogen and oxygen atoms in total. The van der Waals surface area contributed by atoms with Gasteiger partial charge in [-0.15, -0.1) is 6.58 Å². The minimum Gasteiger partial charge on any atom is -0.494 e. The molecule has 1 aromatic rings. The fourth-order valence-corrected chi connectivity index (χ4v) is 2.45. The maximum absolute atomic E-state index is 12.8. The Hall–Kier alpha value is -2.08. The molecule has 0 aromatic heterocycles. The molecule has 0 spiro atoms. The van der Waals surface area contributed by atoms with Crippen LogP contribution in [0, 0.1) is 5.82 Å². The van der Waals surface area contributed by atoms with Gasteiger partial charge in [0.25, 0.3) is 0 Å². The van der Waals surface area contributed by atoms with Crippen LogP contribution >= 0.6 is 0 Å². The van der Waals surface area contributed by atoms with E-state index in [9.17, 15) is 9.18 Å². The Morgan fingerprint density at radius 2 is 1.96 bits per heavy atom. The summed E-state index contributed by atoms with van der Waals surface area (Å²) < 4.78 is 18.4. The molecule has 126 valence electrons. The number of nitrogens with one attached hydrogen (secondary N) is 1. The predicted octanol–water partition coefficient (Wildman–Crippen LogP) is 2.11. The lowest BCUT2D eigenvalue weighted by molar-refractivity contribution is 0.134. The molecule has 2 amide bonds. The van der Waals surface area contributed by atoms with Crippen LogP contribution in [0.5, 0.6) is 5.75 Å². The molecule has 1 N–H and O–H groups in total. The van der Waals surface area contributed by atoms with Crippen molar-refractivity contribution in [2.75, 3.05) is 45.9 Å². The van der Waals surface area contributed by atoms with E-state index in [2.05, 4.69) is 16.8 Å². The van der Waals surface area contributed by atoms with E-state index in [1.807, 2.05) is 4.90 Å². The number of hydrogen-bond donors (Lipinski definition) is 1. The molecule has 6 heteroatoms. The summed E-state index contributed by atoms with van der Waals surface area (Å²) >= 11 is 0. The van der Waals surface area contributed by atoms with Gasteiger partial charge in [-0.1, -0.05) is 6.08 Å². The lowest BCUT2D eigenvalue weighted by Crippen LogP contribution is -2.51. The lowest BCUT2D eigenvalue weighted by Gasteiger charge is -2.34. The van der Waals surface area contributed by atoms with Crippen LogP contribution in [-0.2, 0) is 0 Å². The van der Waals surface area contributed by atoms with Gasteiger partial charge in [0.15, 0.2) is 0 Å². The molecule has 1 fully saturated rings. The van der Waals surface area contributed by atoms with E-state index < -0.39 is 0 Å². The van der Waals surface area contributed by atoms with Crippen molar-refractivity contribution in [2.24, 2.45) is 0 Å². The summed E-state index contributed by atoms with van der Waals surface area (Å²) in [5.74, 6) is 0.433. The Bertz CT molecular complexity index is 499. The van der Waals surface area contributed by atoms with Crippen LogP contribution in [0.25, 0.3) is 0 Å². The van der Waals surface area contributed by atoms with E-state index in [1.54, 1.807) is 18.2 Å². The number of urea groups is 1. The minimum absolute atomic E-state index is 0.0239. The number of carbonyl (C=O) groups excluding carboxylic acids is 1. The van der Waals surface area contributed by atoms with Crippen molar-refractivity contribution in [3.63, 3.8) is 0 Å². The second-order valence-electron chi connectivity index (χ2n) is 5.46. The highest BCUT2D eigenvalue weighted by Gasteiger charge is 2.20. The number of piperazine rings is 1. The predicted molar refractivity (Wildman–Crippen MR) is 88.1 cm³/mol. The van der Waals surface area contributed by atoms with Crippen molar-refractivity contribution in [1.82, 2.24) is 15.1 Å². The fourth-order valence-electron chi connectivity index (χ4n) is 2.45. The second-order valence-corrected chi connectivity index (χ2v) is 5.46. The van der Waals surface area contributed by atoms with Gasteiger partial charge in [0.05, 0.1) is 6.61 Å². The third-order valence-electron chi connectivity index (χ3n) is 3.76. The Balaban J connectivity index is 1.58. The molecule has 1 aromatic carbocycles. The number of hydrogen-bond acceptors (Lipinski definition) is 3. The molecule has 0 unspecified atom stereocenters. The maximum atomic E-state index is 12.8. The number of benzene rings is 1. The Labute approximate surface area is 136 Å². The monoisotopic (exact) mass is 321 g/mol. The summed E-state index contributed by atoms with van der Waals surface area (Å²) in [5, 5.41) is 2.80. The quantitative estimate of drug-likeness (QED) is 0.618. The third-order valence-corrected chi connectivity index (χ3v) is 3.76. The summed E-state index contributed by atoms with van der Waals surface area (Å²) in [6.45, 7) is 8.84. The van der Waals surface area contributed by atoms with Crippen molar-refractivity contribution in [2.45, 2.75) is 6.42 Å². The number of amides is 2. The zero-order valence-electron chi connectivity index (χ0n) is 13.3. The molecule has 1 saturated heterocycles. The minimum atomic E-state index is -0.257. The van der Waals surface area contributed by atoms with Crippen LogP contribution < -0.4 is 10.1 Å². The summed E-state index contributed by atoms with van der Waals surface area (Å²) in [7, 11) is 0. The largest absolute Gasteiger partial charge is 0.494 e. The average molecular weight is 321 g/mol. The number of ether oxygens (including phenoxy) is 1. The highest BCUT2D eigenvalue weighted by atomic mass is 19.1. The summed E-state index contributed by atoms with van der Waals surface area (Å²) in [6, 6.07) is 6.04. The number of nitrogens with zero attached hydrogens (tertiary/aromatic N) is 2. The van der Waals surface area contributed by atoms with Crippen LogP contribution in [0.2, 0.25) is 0 Å². The standard InChI is InChI=1S/C17H24FN3O2/c1-2-8-19-17(22)21-12-10-20(11-13-21)9-3-14-23-16-6-4-15(18)5-7-16/h2,4-7H,1,3,8-14H2,(H,19,22). The van der Waals surface area contributed by atoms with Gasteiger partial charge in [0.1, 0.15) is 11.6 Å². The van der Waals surface area contributed by atoms with Crippen molar-refractivity contribution in [1.29, 1.82) is 0 Å². The molecule has 2 rings (SSSR count). The Kier molecular flexibility index (Phi) is 6.87. The van der Waals surface area contributed by atoms with Gasteiger partial charge in [-0.25, -0.2) is 9.18 Å². The summed E-state index contributed by atoms with van der Waals surface area (Å²) in [5.41, 5.74) is 0. The molecule has 0 saturated carbocycles. The molecule has 0 atom stereocenters. The van der Waals surface area contributed by atoms with Crippen molar-refractivity contribution in [3.05, 3.63) is 42.7 Å². The molecule has 1 aliphatic rings. The first kappa shape index (κ1) is 17.3. The Morgan fingerprint density at radius 1 is 1.26 bits per heavy atom. The first-order chi connectivity index (χ1) is 11.2. The smallest absolute Gasteiger partial charge is 0.317 e. The summed E-state index contributed by atoms with van der Waals surface area (Å²) in [6.07, 6.45) is 2.58. The number of rotatable bonds is 7. The molecule has 0 aliphatic carbocycles. The van der Waals surface area contributed by atoms with E-state index in [0.29, 0.717) is 18.9 Å². The van der Waals surface area contributed by atoms with Crippen molar-refractivity contribution in [3.8, 4) is 5.75 Å². The molecule has 1 heterocycles. The summed E-state index contributed by atoms with van der Waals surface area (Å²) in [4.78, 5) is 16.0. The highest BCUT2D eigenvalue weighted by Crippen LogP contribution is 2.11. The lowest BCUT2D eigenvalue weighted by atomic mass is 10.3. The van der Waals surface area contributed by atoms with Crippen LogP contribution in [-0.4, -0.2) is 61.7 Å². The number of carbonyl (C=O) groups is 1. The first-order valence-corrected chi connectivity index (χ1v) is 7.93. The van der Waals surface area contributed by atoms with Gasteiger partial charge < -0.3 is 15.0 Å². The molecular weight excluding hydrogens is 297 g/mol. The van der Waals surface area contributed by atoms with Gasteiger partial charge in [-0.05, 0) is 30.7 Å². The topological polar surface area (TPSA) is 44.8 Å². The Morgan fingerprint density at radius 3 is 2.61 bits per heavy atom. The maximum Gasteiger partial charge on any atom is 0.317 e. The van der Waals surface area contributed by atoms with Gasteiger partial charge in [-0.2, -0.15) is 0 Å². The number of halogens is 1. The zero-order valence-corrected chi connectivity index (χ0v) is 13.3. The third kappa shape index (κ3) is 5.90. The fraction of sp³-hybridized carbons (Fsp3) is 0.471. The highest BCUT2D eigenvalue weighted by molar-refractivity contribution is 5.74. The van der Waals surface area contributed by atoms with E-state index in [0.717, 1.165) is 39.1 Å². The zero-order chi connectivity index (χ0) is 16.5. The average Bonchev–Trinajstić information content (AvgIpc) is 2.58.